The second-order valence-corrected chi connectivity index (χ2v) is 9.49. The average molecular weight is 459 g/mol. The number of nitrogens with zero attached hydrogens (tertiary/aromatic N) is 1. The lowest BCUT2D eigenvalue weighted by Crippen LogP contribution is -2.18. The van der Waals surface area contributed by atoms with Gasteiger partial charge in [-0.3, -0.25) is 4.79 Å². The van der Waals surface area contributed by atoms with Crippen molar-refractivity contribution in [2.45, 2.75) is 32.1 Å². The summed E-state index contributed by atoms with van der Waals surface area (Å²) in [7, 11) is -0.931. The molecule has 0 atom stereocenters. The van der Waals surface area contributed by atoms with Crippen LogP contribution in [0, 0.1) is 20.8 Å². The summed E-state index contributed by atoms with van der Waals surface area (Å²) in [6.07, 6.45) is -0.229. The van der Waals surface area contributed by atoms with Crippen LogP contribution in [0.3, 0.4) is 0 Å². The number of hydrogen-bond acceptors (Lipinski definition) is 7. The van der Waals surface area contributed by atoms with Gasteiger partial charge in [0.25, 0.3) is 0 Å². The van der Waals surface area contributed by atoms with Crippen molar-refractivity contribution < 1.29 is 27.2 Å². The third-order valence-corrected chi connectivity index (χ3v) is 6.88. The van der Waals surface area contributed by atoms with E-state index in [4.69, 9.17) is 14.0 Å². The van der Waals surface area contributed by atoms with Crippen LogP contribution in [0.5, 0.6) is 11.5 Å². The van der Waals surface area contributed by atoms with Gasteiger partial charge < -0.3 is 19.3 Å². The maximum atomic E-state index is 13.1. The highest BCUT2D eigenvalue weighted by Gasteiger charge is 2.23. The molecule has 0 radical (unpaired) electrons. The minimum atomic E-state index is -3.83. The maximum absolute atomic E-state index is 13.1. The number of nitrogens with one attached hydrogen (secondary N) is 1. The molecule has 3 rings (SSSR count). The predicted octanol–water partition coefficient (Wildman–Crippen LogP) is 4.09. The van der Waals surface area contributed by atoms with Crippen LogP contribution in [0.15, 0.2) is 45.8 Å². The number of sulfone groups is 1. The third-order valence-electron chi connectivity index (χ3n) is 5.14. The zero-order valence-electron chi connectivity index (χ0n) is 18.7. The van der Waals surface area contributed by atoms with E-state index in [2.05, 4.69) is 10.5 Å². The van der Waals surface area contributed by atoms with E-state index in [-0.39, 0.29) is 22.8 Å². The van der Waals surface area contributed by atoms with Crippen LogP contribution < -0.4 is 14.8 Å². The van der Waals surface area contributed by atoms with Gasteiger partial charge in [0.1, 0.15) is 16.4 Å². The van der Waals surface area contributed by atoms with Gasteiger partial charge in [-0.25, -0.2) is 8.42 Å². The van der Waals surface area contributed by atoms with Gasteiger partial charge in [0.15, 0.2) is 15.6 Å². The van der Waals surface area contributed by atoms with E-state index in [1.165, 1.54) is 20.3 Å². The van der Waals surface area contributed by atoms with Gasteiger partial charge in [0.05, 0.1) is 31.4 Å². The Bertz CT molecular complexity index is 1250. The largest absolute Gasteiger partial charge is 0.495 e. The Kier molecular flexibility index (Phi) is 6.88. The molecule has 0 aliphatic carbocycles. The second kappa shape index (κ2) is 9.44. The van der Waals surface area contributed by atoms with Crippen LogP contribution in [-0.2, 0) is 14.6 Å². The molecule has 0 saturated heterocycles. The van der Waals surface area contributed by atoms with E-state index in [1.54, 1.807) is 24.3 Å². The molecule has 0 aliphatic heterocycles. The standard InChI is InChI=1S/C23H26N2O6S/c1-14-6-8-19(29-4)18(12-14)24-22(26)10-11-32(27,28)21-13-17(7-9-20(21)30-5)23-15(2)16(3)25-31-23/h6-9,12-13H,10-11H2,1-5H3,(H,24,26). The van der Waals surface area contributed by atoms with Crippen LogP contribution in [0.1, 0.15) is 23.2 Å². The van der Waals surface area contributed by atoms with E-state index in [0.29, 0.717) is 22.8 Å². The number of methoxy groups -OCH3 is 2. The molecule has 0 unspecified atom stereocenters. The minimum absolute atomic E-state index is 0.00751. The normalized spacial score (nSPS) is 11.3. The highest BCUT2D eigenvalue weighted by Crippen LogP contribution is 2.33. The summed E-state index contributed by atoms with van der Waals surface area (Å²) in [5, 5.41) is 6.65. The number of rotatable bonds is 8. The fourth-order valence-corrected chi connectivity index (χ4v) is 4.65. The molecule has 9 heteroatoms. The monoisotopic (exact) mass is 458 g/mol. The van der Waals surface area contributed by atoms with Gasteiger partial charge in [0, 0.05) is 17.5 Å². The molecule has 0 fully saturated rings. The molecular formula is C23H26N2O6S. The quantitative estimate of drug-likeness (QED) is 0.542. The van der Waals surface area contributed by atoms with Gasteiger partial charge in [-0.15, -0.1) is 0 Å². The van der Waals surface area contributed by atoms with Crippen molar-refractivity contribution >= 4 is 21.4 Å². The Hall–Kier alpha value is -3.33. The number of hydrogen-bond donors (Lipinski definition) is 1. The van der Waals surface area contributed by atoms with Crippen LogP contribution in [0.4, 0.5) is 5.69 Å². The molecule has 0 spiro atoms. The molecule has 1 N–H and O–H groups in total. The van der Waals surface area contributed by atoms with E-state index in [9.17, 15) is 13.2 Å². The van der Waals surface area contributed by atoms with Gasteiger partial charge in [-0.2, -0.15) is 0 Å². The number of carbonyl (C=O) groups excluding carboxylic acids is 1. The Morgan fingerprint density at radius 3 is 2.34 bits per heavy atom. The van der Waals surface area contributed by atoms with Crippen molar-refractivity contribution in [3.63, 3.8) is 0 Å². The minimum Gasteiger partial charge on any atom is -0.495 e. The van der Waals surface area contributed by atoms with Crippen molar-refractivity contribution in [2.75, 3.05) is 25.3 Å². The molecule has 8 nitrogen and oxygen atoms in total. The number of carbonyl (C=O) groups is 1. The Morgan fingerprint density at radius 2 is 1.72 bits per heavy atom. The lowest BCUT2D eigenvalue weighted by atomic mass is 10.1. The van der Waals surface area contributed by atoms with Crippen molar-refractivity contribution in [2.24, 2.45) is 0 Å². The van der Waals surface area contributed by atoms with Crippen molar-refractivity contribution in [3.8, 4) is 22.8 Å². The van der Waals surface area contributed by atoms with Gasteiger partial charge >= 0.3 is 0 Å². The van der Waals surface area contributed by atoms with Gasteiger partial charge in [0.2, 0.25) is 5.91 Å². The summed E-state index contributed by atoms with van der Waals surface area (Å²) >= 11 is 0. The lowest BCUT2D eigenvalue weighted by molar-refractivity contribution is -0.115. The SMILES string of the molecule is COc1ccc(C)cc1NC(=O)CCS(=O)(=O)c1cc(-c2onc(C)c2C)ccc1OC. The molecule has 0 bridgehead atoms. The zero-order chi connectivity index (χ0) is 23.5. The number of benzene rings is 2. The molecule has 2 aromatic carbocycles. The number of amides is 1. The number of aryl methyl sites for hydroxylation is 2. The maximum Gasteiger partial charge on any atom is 0.225 e. The van der Waals surface area contributed by atoms with Crippen LogP contribution >= 0.6 is 0 Å². The smallest absolute Gasteiger partial charge is 0.225 e. The summed E-state index contributed by atoms with van der Waals surface area (Å²) in [6, 6.07) is 10.1. The molecular weight excluding hydrogens is 432 g/mol. The lowest BCUT2D eigenvalue weighted by Gasteiger charge is -2.13. The van der Waals surface area contributed by atoms with E-state index in [0.717, 1.165) is 16.8 Å². The van der Waals surface area contributed by atoms with Crippen molar-refractivity contribution in [1.82, 2.24) is 5.16 Å². The Morgan fingerprint density at radius 1 is 1.03 bits per heavy atom. The zero-order valence-corrected chi connectivity index (χ0v) is 19.5. The first-order chi connectivity index (χ1) is 15.2. The molecule has 3 aromatic rings. The molecule has 0 saturated carbocycles. The predicted molar refractivity (Wildman–Crippen MR) is 121 cm³/mol. The number of anilines is 1. The van der Waals surface area contributed by atoms with E-state index < -0.39 is 15.7 Å². The fraction of sp³-hybridized carbons (Fsp3) is 0.304. The van der Waals surface area contributed by atoms with Crippen molar-refractivity contribution in [1.29, 1.82) is 0 Å². The summed E-state index contributed by atoms with van der Waals surface area (Å²) in [5.41, 5.74) is 3.55. The van der Waals surface area contributed by atoms with Crippen molar-refractivity contribution in [3.05, 3.63) is 53.2 Å². The number of aromatic nitrogens is 1. The Balaban J connectivity index is 1.82. The topological polar surface area (TPSA) is 108 Å². The van der Waals surface area contributed by atoms with Crippen LogP contribution in [0.2, 0.25) is 0 Å². The van der Waals surface area contributed by atoms with E-state index in [1.807, 2.05) is 26.8 Å². The first kappa shape index (κ1) is 23.3. The second-order valence-electron chi connectivity index (χ2n) is 7.41. The average Bonchev–Trinajstić information content (AvgIpc) is 3.10. The summed E-state index contributed by atoms with van der Waals surface area (Å²) in [4.78, 5) is 12.5. The molecule has 170 valence electrons. The third kappa shape index (κ3) is 4.94. The van der Waals surface area contributed by atoms with Crippen LogP contribution in [-0.4, -0.2) is 39.5 Å². The highest BCUT2D eigenvalue weighted by atomic mass is 32.2. The first-order valence-corrected chi connectivity index (χ1v) is 11.6. The molecule has 1 amide bonds. The van der Waals surface area contributed by atoms with Gasteiger partial charge in [-0.1, -0.05) is 11.2 Å². The molecule has 0 aliphatic rings. The summed E-state index contributed by atoms with van der Waals surface area (Å²) in [6.45, 7) is 5.55. The first-order valence-electron chi connectivity index (χ1n) is 9.94. The van der Waals surface area contributed by atoms with Crippen LogP contribution in [0.25, 0.3) is 11.3 Å². The molecule has 1 heterocycles. The molecule has 1 aromatic heterocycles. The Labute approximate surface area is 187 Å². The fourth-order valence-electron chi connectivity index (χ4n) is 3.21. The summed E-state index contributed by atoms with van der Waals surface area (Å²) in [5.74, 6) is 0.365. The van der Waals surface area contributed by atoms with Gasteiger partial charge in [-0.05, 0) is 56.7 Å². The number of ether oxygens (including phenoxy) is 2. The summed E-state index contributed by atoms with van der Waals surface area (Å²) < 4.78 is 42.0. The van der Waals surface area contributed by atoms with E-state index >= 15 is 0 Å². The highest BCUT2D eigenvalue weighted by molar-refractivity contribution is 7.91. The molecule has 32 heavy (non-hydrogen) atoms.